The van der Waals surface area contributed by atoms with Crippen molar-refractivity contribution in [1.29, 1.82) is 0 Å². The number of nitrogens with one attached hydrogen (secondary N) is 2. The number of hydrogen-bond donors (Lipinski definition) is 2. The number of carbonyl (C=O) groups is 2. The Morgan fingerprint density at radius 3 is 2.77 bits per heavy atom. The van der Waals surface area contributed by atoms with Gasteiger partial charge in [0.1, 0.15) is 6.10 Å². The Kier molecular flexibility index (Phi) is 5.67. The van der Waals surface area contributed by atoms with Crippen LogP contribution in [0.3, 0.4) is 0 Å². The van der Waals surface area contributed by atoms with E-state index in [1.807, 2.05) is 13.8 Å². The first-order valence-corrected chi connectivity index (χ1v) is 4.37. The first kappa shape index (κ1) is 11.7. The van der Waals surface area contributed by atoms with Crippen molar-refractivity contribution < 1.29 is 15.8 Å². The molecule has 1 aliphatic rings. The van der Waals surface area contributed by atoms with Gasteiger partial charge in [-0.25, -0.2) is 4.79 Å². The van der Waals surface area contributed by atoms with E-state index in [0.717, 1.165) is 0 Å². The lowest BCUT2D eigenvalue weighted by Gasteiger charge is -2.06. The van der Waals surface area contributed by atoms with Crippen molar-refractivity contribution in [3.63, 3.8) is 0 Å². The van der Waals surface area contributed by atoms with Gasteiger partial charge in [-0.2, -0.15) is 0 Å². The van der Waals surface area contributed by atoms with Crippen molar-refractivity contribution >= 4 is 12.0 Å². The third kappa shape index (κ3) is 5.05. The van der Waals surface area contributed by atoms with E-state index >= 15 is 0 Å². The fraction of sp³-hybridized carbons (Fsp3) is 0.750. The molecule has 0 saturated carbocycles. The molecule has 0 aromatic rings. The highest BCUT2D eigenvalue weighted by Crippen LogP contribution is 1.97. The highest BCUT2D eigenvalue weighted by molar-refractivity contribution is 5.73. The van der Waals surface area contributed by atoms with Crippen LogP contribution in [0.4, 0.5) is 4.79 Å². The second kappa shape index (κ2) is 6.28. The smallest absolute Gasteiger partial charge is 0.407 e. The molecule has 1 aliphatic heterocycles. The van der Waals surface area contributed by atoms with Gasteiger partial charge >= 0.3 is 6.09 Å². The van der Waals surface area contributed by atoms with E-state index in [0.29, 0.717) is 13.1 Å². The van der Waals surface area contributed by atoms with Gasteiger partial charge in [0.2, 0.25) is 5.91 Å². The third-order valence-corrected chi connectivity index (χ3v) is 1.33. The summed E-state index contributed by atoms with van der Waals surface area (Å²) in [6.07, 6.45) is -0.633. The third-order valence-electron chi connectivity index (χ3n) is 1.33. The molecule has 0 aromatic heterocycles. The summed E-state index contributed by atoms with van der Waals surface area (Å²) in [5.74, 6) is -0.118. The van der Waals surface area contributed by atoms with E-state index in [1.165, 1.54) is 6.92 Å². The summed E-state index contributed by atoms with van der Waals surface area (Å²) in [6, 6.07) is 0. The Hall–Kier alpha value is -1.26. The maximum atomic E-state index is 10.5. The number of alkyl carbamates (subject to hydrolysis) is 1. The minimum atomic E-state index is -0.416. The SMILES string of the molecule is CC.CC(=O)NCC1CNC(=O)O1.[HH]. The summed E-state index contributed by atoms with van der Waals surface area (Å²) in [5, 5.41) is 5.03. The van der Waals surface area contributed by atoms with Crippen LogP contribution in [0.25, 0.3) is 0 Å². The number of carbonyl (C=O) groups excluding carboxylic acids is 2. The first-order chi connectivity index (χ1) is 6.18. The van der Waals surface area contributed by atoms with Gasteiger partial charge in [0.05, 0.1) is 13.1 Å². The van der Waals surface area contributed by atoms with E-state index in [4.69, 9.17) is 4.74 Å². The Morgan fingerprint density at radius 2 is 2.38 bits per heavy atom. The van der Waals surface area contributed by atoms with Gasteiger partial charge < -0.3 is 15.4 Å². The average Bonchev–Trinajstić information content (AvgIpc) is 2.52. The van der Waals surface area contributed by atoms with E-state index in [2.05, 4.69) is 10.6 Å². The molecule has 2 N–H and O–H groups in total. The fourth-order valence-electron chi connectivity index (χ4n) is 0.803. The zero-order valence-electron chi connectivity index (χ0n) is 8.22. The molecule has 78 valence electrons. The average molecular weight is 190 g/mol. The monoisotopic (exact) mass is 190 g/mol. The summed E-state index contributed by atoms with van der Waals surface area (Å²) in [7, 11) is 0. The van der Waals surface area contributed by atoms with Crippen LogP contribution in [0.1, 0.15) is 22.2 Å². The Bertz CT molecular complexity index is 187. The molecule has 0 aromatic carbocycles. The second-order valence-corrected chi connectivity index (χ2v) is 2.35. The van der Waals surface area contributed by atoms with Crippen LogP contribution in [0, 0.1) is 0 Å². The second-order valence-electron chi connectivity index (χ2n) is 2.35. The standard InChI is InChI=1S/C6H10N2O3.C2H6.H2/c1-4(9)7-2-5-3-8-6(10)11-5;1-2;/h5H,2-3H2,1H3,(H,7,9)(H,8,10);1-2H3;1H. The molecule has 0 bridgehead atoms. The zero-order chi connectivity index (χ0) is 10.3. The Morgan fingerprint density at radius 1 is 1.77 bits per heavy atom. The number of cyclic esters (lactones) is 1. The lowest BCUT2D eigenvalue weighted by molar-refractivity contribution is -0.119. The first-order valence-electron chi connectivity index (χ1n) is 4.37. The maximum absolute atomic E-state index is 10.5. The molecule has 0 aliphatic carbocycles. The van der Waals surface area contributed by atoms with Crippen LogP contribution in [-0.2, 0) is 9.53 Å². The van der Waals surface area contributed by atoms with E-state index in [1.54, 1.807) is 0 Å². The van der Waals surface area contributed by atoms with E-state index < -0.39 is 6.09 Å². The summed E-state index contributed by atoms with van der Waals surface area (Å²) in [5.41, 5.74) is 0. The van der Waals surface area contributed by atoms with Gasteiger partial charge in [0.15, 0.2) is 0 Å². The quantitative estimate of drug-likeness (QED) is 0.666. The number of rotatable bonds is 2. The summed E-state index contributed by atoms with van der Waals surface area (Å²) in [6.45, 7) is 6.28. The lowest BCUT2D eigenvalue weighted by Crippen LogP contribution is -2.32. The molecule has 1 rings (SSSR count). The normalized spacial score (nSPS) is 19.3. The number of hydrogen-bond acceptors (Lipinski definition) is 3. The highest BCUT2D eigenvalue weighted by atomic mass is 16.6. The molecule has 0 spiro atoms. The minimum absolute atomic E-state index is 0. The van der Waals surface area contributed by atoms with Gasteiger partial charge in [-0.05, 0) is 0 Å². The summed E-state index contributed by atoms with van der Waals surface area (Å²) in [4.78, 5) is 20.9. The predicted molar refractivity (Wildman–Crippen MR) is 50.4 cm³/mol. The Balaban J connectivity index is 0. The highest BCUT2D eigenvalue weighted by Gasteiger charge is 2.21. The van der Waals surface area contributed by atoms with Crippen molar-refractivity contribution in [2.45, 2.75) is 26.9 Å². The van der Waals surface area contributed by atoms with E-state index in [9.17, 15) is 9.59 Å². The van der Waals surface area contributed by atoms with Crippen LogP contribution in [0.2, 0.25) is 0 Å². The van der Waals surface area contributed by atoms with Gasteiger partial charge in [0.25, 0.3) is 0 Å². The number of ether oxygens (including phenoxy) is 1. The van der Waals surface area contributed by atoms with Crippen molar-refractivity contribution in [1.82, 2.24) is 10.6 Å². The van der Waals surface area contributed by atoms with Crippen molar-refractivity contribution in [2.24, 2.45) is 0 Å². The minimum Gasteiger partial charge on any atom is -0.442 e. The molecule has 1 atom stereocenters. The van der Waals surface area contributed by atoms with Crippen molar-refractivity contribution in [2.75, 3.05) is 13.1 Å². The molecule has 5 nitrogen and oxygen atoms in total. The largest absolute Gasteiger partial charge is 0.442 e. The molecule has 5 heteroatoms. The predicted octanol–water partition coefficient (Wildman–Crippen LogP) is 0.503. The van der Waals surface area contributed by atoms with Crippen LogP contribution in [0.15, 0.2) is 0 Å². The molecule has 2 amide bonds. The van der Waals surface area contributed by atoms with Crippen LogP contribution < -0.4 is 10.6 Å². The summed E-state index contributed by atoms with van der Waals surface area (Å²) >= 11 is 0. The van der Waals surface area contributed by atoms with E-state index in [-0.39, 0.29) is 13.4 Å². The van der Waals surface area contributed by atoms with Gasteiger partial charge in [0, 0.05) is 8.35 Å². The van der Waals surface area contributed by atoms with Gasteiger partial charge in [-0.3, -0.25) is 4.79 Å². The van der Waals surface area contributed by atoms with Gasteiger partial charge in [-0.1, -0.05) is 13.8 Å². The lowest BCUT2D eigenvalue weighted by atomic mass is 10.3. The molecule has 13 heavy (non-hydrogen) atoms. The topological polar surface area (TPSA) is 67.4 Å². The fourth-order valence-corrected chi connectivity index (χ4v) is 0.803. The van der Waals surface area contributed by atoms with Crippen LogP contribution in [0.5, 0.6) is 0 Å². The number of amides is 2. The molecule has 1 fully saturated rings. The molecule has 1 heterocycles. The Labute approximate surface area is 79.3 Å². The maximum Gasteiger partial charge on any atom is 0.407 e. The van der Waals surface area contributed by atoms with Crippen molar-refractivity contribution in [3.05, 3.63) is 0 Å². The molecular weight excluding hydrogens is 172 g/mol. The van der Waals surface area contributed by atoms with Crippen LogP contribution >= 0.6 is 0 Å². The molecule has 1 unspecified atom stereocenters. The zero-order valence-corrected chi connectivity index (χ0v) is 8.22. The molecule has 1 saturated heterocycles. The van der Waals surface area contributed by atoms with Crippen molar-refractivity contribution in [3.8, 4) is 0 Å². The molecule has 0 radical (unpaired) electrons. The summed E-state index contributed by atoms with van der Waals surface area (Å²) < 4.78 is 4.75. The van der Waals surface area contributed by atoms with Gasteiger partial charge in [-0.15, -0.1) is 0 Å². The molecular formula is C8H18N2O3. The van der Waals surface area contributed by atoms with Crippen LogP contribution in [-0.4, -0.2) is 31.2 Å².